The molecule has 0 aromatic rings. The minimum atomic E-state index is 0.716. The van der Waals surface area contributed by atoms with E-state index in [0.29, 0.717) is 9.65 Å². The van der Waals surface area contributed by atoms with Gasteiger partial charge in [0.1, 0.15) is 0 Å². The third-order valence-electron chi connectivity index (χ3n) is 2.10. The zero-order valence-corrected chi connectivity index (χ0v) is 9.33. The molecule has 0 amide bonds. The Bertz CT molecular complexity index is 81.3. The molecule has 0 N–H and O–H groups in total. The first-order valence-corrected chi connectivity index (χ1v) is 5.92. The maximum absolute atomic E-state index is 3.69. The normalized spacial score (nSPS) is 36.6. The van der Waals surface area contributed by atoms with Gasteiger partial charge in [0.25, 0.3) is 0 Å². The molecule has 1 rings (SSSR count). The van der Waals surface area contributed by atoms with Gasteiger partial charge in [0.15, 0.2) is 0 Å². The van der Waals surface area contributed by atoms with Crippen molar-refractivity contribution >= 4 is 31.9 Å². The maximum atomic E-state index is 3.69. The van der Waals surface area contributed by atoms with Crippen LogP contribution in [0.1, 0.15) is 38.5 Å². The van der Waals surface area contributed by atoms with Crippen molar-refractivity contribution in [3.8, 4) is 0 Å². The third-order valence-corrected chi connectivity index (χ3v) is 5.00. The summed E-state index contributed by atoms with van der Waals surface area (Å²) in [4.78, 5) is 1.43. The van der Waals surface area contributed by atoms with Gasteiger partial charge < -0.3 is 0 Å². The van der Waals surface area contributed by atoms with Gasteiger partial charge in [0, 0.05) is 9.65 Å². The van der Waals surface area contributed by atoms with Crippen molar-refractivity contribution in [2.45, 2.75) is 48.2 Å². The lowest BCUT2D eigenvalue weighted by Crippen LogP contribution is -2.15. The summed E-state index contributed by atoms with van der Waals surface area (Å²) in [7, 11) is 0. The van der Waals surface area contributed by atoms with E-state index < -0.39 is 0 Å². The molecule has 1 fully saturated rings. The highest BCUT2D eigenvalue weighted by atomic mass is 79.9. The summed E-state index contributed by atoms with van der Waals surface area (Å²) in [6.45, 7) is 0. The van der Waals surface area contributed by atoms with Crippen LogP contribution < -0.4 is 0 Å². The topological polar surface area (TPSA) is 0 Å². The minimum absolute atomic E-state index is 0.716. The van der Waals surface area contributed by atoms with Crippen LogP contribution >= 0.6 is 31.9 Å². The summed E-state index contributed by atoms with van der Waals surface area (Å²) in [6, 6.07) is 0. The molecule has 60 valence electrons. The lowest BCUT2D eigenvalue weighted by atomic mass is 10.0. The van der Waals surface area contributed by atoms with E-state index in [1.54, 1.807) is 0 Å². The maximum Gasteiger partial charge on any atom is 0.0271 e. The van der Waals surface area contributed by atoms with E-state index >= 15 is 0 Å². The van der Waals surface area contributed by atoms with Crippen molar-refractivity contribution in [1.82, 2.24) is 0 Å². The molecule has 0 saturated heterocycles. The van der Waals surface area contributed by atoms with Crippen LogP contribution in [-0.2, 0) is 0 Å². The zero-order chi connectivity index (χ0) is 7.40. The average Bonchev–Trinajstić information content (AvgIpc) is 1.92. The lowest BCUT2D eigenvalue weighted by molar-refractivity contribution is 0.529. The van der Waals surface area contributed by atoms with Crippen LogP contribution in [0.3, 0.4) is 0 Å². The van der Waals surface area contributed by atoms with Crippen LogP contribution in [0.25, 0.3) is 0 Å². The van der Waals surface area contributed by atoms with E-state index in [1.807, 2.05) is 0 Å². The molecule has 2 unspecified atom stereocenters. The van der Waals surface area contributed by atoms with E-state index in [0.717, 1.165) is 0 Å². The summed E-state index contributed by atoms with van der Waals surface area (Å²) < 4.78 is 0. The fourth-order valence-electron chi connectivity index (χ4n) is 1.39. The number of halogens is 2. The number of hydrogen-bond acceptors (Lipinski definition) is 0. The third kappa shape index (κ3) is 2.91. The van der Waals surface area contributed by atoms with Crippen LogP contribution in [0.2, 0.25) is 0 Å². The first kappa shape index (κ1) is 9.05. The molecule has 1 aliphatic carbocycles. The Morgan fingerprint density at radius 3 is 1.50 bits per heavy atom. The molecule has 0 heterocycles. The van der Waals surface area contributed by atoms with E-state index in [-0.39, 0.29) is 0 Å². The molecule has 0 aromatic carbocycles. The first-order chi connectivity index (χ1) is 4.80. The van der Waals surface area contributed by atoms with E-state index in [1.165, 1.54) is 38.5 Å². The van der Waals surface area contributed by atoms with Crippen molar-refractivity contribution in [3.63, 3.8) is 0 Å². The van der Waals surface area contributed by atoms with Crippen LogP contribution in [0, 0.1) is 0 Å². The fourth-order valence-corrected chi connectivity index (χ4v) is 2.57. The Kier molecular flexibility index (Phi) is 4.31. The Morgan fingerprint density at radius 2 is 1.10 bits per heavy atom. The molecule has 10 heavy (non-hydrogen) atoms. The molecule has 0 radical (unpaired) electrons. The summed E-state index contributed by atoms with van der Waals surface area (Å²) in [5.41, 5.74) is 0. The van der Waals surface area contributed by atoms with Crippen molar-refractivity contribution < 1.29 is 0 Å². The van der Waals surface area contributed by atoms with Gasteiger partial charge in [-0.1, -0.05) is 57.5 Å². The van der Waals surface area contributed by atoms with Crippen molar-refractivity contribution in [1.29, 1.82) is 0 Å². The second kappa shape index (κ2) is 4.76. The van der Waals surface area contributed by atoms with E-state index in [4.69, 9.17) is 0 Å². The average molecular weight is 270 g/mol. The SMILES string of the molecule is BrC1CCCCCCC1Br. The first-order valence-electron chi connectivity index (χ1n) is 4.09. The monoisotopic (exact) mass is 268 g/mol. The van der Waals surface area contributed by atoms with Crippen LogP contribution in [-0.4, -0.2) is 9.65 Å². The summed E-state index contributed by atoms with van der Waals surface area (Å²) >= 11 is 7.38. The van der Waals surface area contributed by atoms with Gasteiger partial charge in [-0.15, -0.1) is 0 Å². The van der Waals surface area contributed by atoms with Crippen LogP contribution in [0.4, 0.5) is 0 Å². The van der Waals surface area contributed by atoms with Gasteiger partial charge in [-0.3, -0.25) is 0 Å². The molecular weight excluding hydrogens is 256 g/mol. The van der Waals surface area contributed by atoms with Gasteiger partial charge in [0.05, 0.1) is 0 Å². The van der Waals surface area contributed by atoms with Crippen LogP contribution in [0.15, 0.2) is 0 Å². The van der Waals surface area contributed by atoms with Gasteiger partial charge >= 0.3 is 0 Å². The molecule has 0 nitrogen and oxygen atoms in total. The Labute approximate surface area is 80.0 Å². The van der Waals surface area contributed by atoms with Gasteiger partial charge in [-0.05, 0) is 12.8 Å². The molecule has 1 saturated carbocycles. The van der Waals surface area contributed by atoms with Crippen molar-refractivity contribution in [2.75, 3.05) is 0 Å². The molecule has 0 spiro atoms. The Balaban J connectivity index is 2.28. The lowest BCUT2D eigenvalue weighted by Gasteiger charge is -2.19. The second-order valence-corrected chi connectivity index (χ2v) is 5.38. The molecule has 2 heteroatoms. The van der Waals surface area contributed by atoms with Crippen LogP contribution in [0.5, 0.6) is 0 Å². The van der Waals surface area contributed by atoms with Gasteiger partial charge in [-0.2, -0.15) is 0 Å². The number of alkyl halides is 2. The standard InChI is InChI=1S/C8H14Br2/c9-7-5-3-1-2-4-6-8(7)10/h7-8H,1-6H2. The highest BCUT2D eigenvalue weighted by Gasteiger charge is 2.16. The number of hydrogen-bond donors (Lipinski definition) is 0. The largest absolute Gasteiger partial charge is 0.0879 e. The molecule has 1 aliphatic rings. The van der Waals surface area contributed by atoms with E-state index in [2.05, 4.69) is 31.9 Å². The smallest absolute Gasteiger partial charge is 0.0271 e. The molecule has 0 bridgehead atoms. The minimum Gasteiger partial charge on any atom is -0.0879 e. The van der Waals surface area contributed by atoms with Gasteiger partial charge in [-0.25, -0.2) is 0 Å². The molecule has 2 atom stereocenters. The predicted molar refractivity (Wildman–Crippen MR) is 53.1 cm³/mol. The van der Waals surface area contributed by atoms with Crippen molar-refractivity contribution in [3.05, 3.63) is 0 Å². The molecule has 0 aliphatic heterocycles. The van der Waals surface area contributed by atoms with E-state index in [9.17, 15) is 0 Å². The van der Waals surface area contributed by atoms with Gasteiger partial charge in [0.2, 0.25) is 0 Å². The summed E-state index contributed by atoms with van der Waals surface area (Å²) in [5.74, 6) is 0. The Morgan fingerprint density at radius 1 is 0.700 bits per heavy atom. The van der Waals surface area contributed by atoms with Crippen molar-refractivity contribution in [2.24, 2.45) is 0 Å². The summed E-state index contributed by atoms with van der Waals surface area (Å²) in [5, 5.41) is 0. The quantitative estimate of drug-likeness (QED) is 0.586. The second-order valence-electron chi connectivity index (χ2n) is 3.02. The zero-order valence-electron chi connectivity index (χ0n) is 6.15. The predicted octanol–water partition coefficient (Wildman–Crippen LogP) is 3.87. The number of rotatable bonds is 0. The Hall–Kier alpha value is 0.960. The summed E-state index contributed by atoms with van der Waals surface area (Å²) in [6.07, 6.45) is 8.35. The molecule has 0 aromatic heterocycles. The highest BCUT2D eigenvalue weighted by Crippen LogP contribution is 2.27. The highest BCUT2D eigenvalue weighted by molar-refractivity contribution is 9.12. The fraction of sp³-hybridized carbons (Fsp3) is 1.00. The molecular formula is C8H14Br2.